The molecule has 88 valence electrons. The summed E-state index contributed by atoms with van der Waals surface area (Å²) in [5, 5.41) is 0. The van der Waals surface area contributed by atoms with Gasteiger partial charge in [0.25, 0.3) is 0 Å². The standard InChI is InChI=1S/C13H15N3S/c1-9-12(14-8-15-13(9)17)10-4-6-11(7-5-10)16(2)3/h4-8H,1-3H3,(H,14,15,17). The molecule has 0 saturated heterocycles. The molecular formula is C13H15N3S. The van der Waals surface area contributed by atoms with Gasteiger partial charge in [-0.1, -0.05) is 24.4 Å². The van der Waals surface area contributed by atoms with Crippen LogP contribution in [0.25, 0.3) is 11.3 Å². The molecule has 1 aromatic heterocycles. The minimum Gasteiger partial charge on any atom is -0.378 e. The molecule has 0 saturated carbocycles. The summed E-state index contributed by atoms with van der Waals surface area (Å²) in [5.41, 5.74) is 4.36. The van der Waals surface area contributed by atoms with Gasteiger partial charge >= 0.3 is 0 Å². The minimum absolute atomic E-state index is 0.649. The van der Waals surface area contributed by atoms with E-state index in [9.17, 15) is 0 Å². The van der Waals surface area contributed by atoms with Crippen molar-refractivity contribution in [3.63, 3.8) is 0 Å². The molecule has 0 aliphatic carbocycles. The molecule has 0 bridgehead atoms. The highest BCUT2D eigenvalue weighted by molar-refractivity contribution is 7.71. The van der Waals surface area contributed by atoms with Gasteiger partial charge in [-0.15, -0.1) is 0 Å². The lowest BCUT2D eigenvalue weighted by atomic mass is 10.1. The Hall–Kier alpha value is -1.68. The third-order valence-electron chi connectivity index (χ3n) is 2.76. The Morgan fingerprint density at radius 3 is 2.41 bits per heavy atom. The summed E-state index contributed by atoms with van der Waals surface area (Å²) < 4.78 is 0.649. The Bertz CT molecular complexity index is 570. The first-order valence-electron chi connectivity index (χ1n) is 5.41. The number of hydrogen-bond acceptors (Lipinski definition) is 3. The average molecular weight is 245 g/mol. The second-order valence-corrected chi connectivity index (χ2v) is 4.54. The number of benzene rings is 1. The molecular weight excluding hydrogens is 230 g/mol. The van der Waals surface area contributed by atoms with Crippen molar-refractivity contribution in [1.82, 2.24) is 9.97 Å². The summed E-state index contributed by atoms with van der Waals surface area (Å²) in [5.74, 6) is 0. The van der Waals surface area contributed by atoms with Gasteiger partial charge in [0.15, 0.2) is 0 Å². The Balaban J connectivity index is 2.47. The highest BCUT2D eigenvalue weighted by Gasteiger charge is 2.04. The molecule has 0 radical (unpaired) electrons. The van der Waals surface area contributed by atoms with E-state index >= 15 is 0 Å². The van der Waals surface area contributed by atoms with E-state index in [0.717, 1.165) is 16.8 Å². The number of nitrogens with zero attached hydrogens (tertiary/aromatic N) is 2. The van der Waals surface area contributed by atoms with E-state index in [1.807, 2.05) is 21.0 Å². The second kappa shape index (κ2) is 4.67. The van der Waals surface area contributed by atoms with Crippen LogP contribution in [0.3, 0.4) is 0 Å². The van der Waals surface area contributed by atoms with Crippen LogP contribution < -0.4 is 4.90 Å². The fourth-order valence-corrected chi connectivity index (χ4v) is 1.85. The first-order chi connectivity index (χ1) is 8.09. The Morgan fingerprint density at radius 2 is 1.82 bits per heavy atom. The van der Waals surface area contributed by atoms with Crippen LogP contribution in [0.5, 0.6) is 0 Å². The highest BCUT2D eigenvalue weighted by atomic mass is 32.1. The number of anilines is 1. The molecule has 0 spiro atoms. The largest absolute Gasteiger partial charge is 0.378 e. The zero-order valence-corrected chi connectivity index (χ0v) is 11.0. The first kappa shape index (κ1) is 11.8. The number of aromatic amines is 1. The van der Waals surface area contributed by atoms with Gasteiger partial charge in [0.2, 0.25) is 0 Å². The van der Waals surface area contributed by atoms with Crippen molar-refractivity contribution in [2.24, 2.45) is 0 Å². The van der Waals surface area contributed by atoms with E-state index in [1.54, 1.807) is 6.33 Å². The number of nitrogens with one attached hydrogen (secondary N) is 1. The molecule has 2 rings (SSSR count). The van der Waals surface area contributed by atoms with Crippen molar-refractivity contribution in [2.45, 2.75) is 6.92 Å². The van der Waals surface area contributed by atoms with Crippen molar-refractivity contribution in [2.75, 3.05) is 19.0 Å². The van der Waals surface area contributed by atoms with Crippen molar-refractivity contribution in [3.8, 4) is 11.3 Å². The van der Waals surface area contributed by atoms with Gasteiger partial charge in [-0.3, -0.25) is 0 Å². The smallest absolute Gasteiger partial charge is 0.132 e. The molecule has 3 nitrogen and oxygen atoms in total. The maximum Gasteiger partial charge on any atom is 0.132 e. The molecule has 0 fully saturated rings. The van der Waals surface area contributed by atoms with Crippen molar-refractivity contribution in [1.29, 1.82) is 0 Å². The quantitative estimate of drug-likeness (QED) is 0.825. The van der Waals surface area contributed by atoms with Gasteiger partial charge in [-0.2, -0.15) is 0 Å². The molecule has 1 aromatic carbocycles. The summed E-state index contributed by atoms with van der Waals surface area (Å²) in [6, 6.07) is 8.35. The molecule has 0 unspecified atom stereocenters. The van der Waals surface area contributed by atoms with Crippen molar-refractivity contribution < 1.29 is 0 Å². The van der Waals surface area contributed by atoms with Gasteiger partial charge in [0, 0.05) is 25.3 Å². The van der Waals surface area contributed by atoms with E-state index in [-0.39, 0.29) is 0 Å². The summed E-state index contributed by atoms with van der Waals surface area (Å²) in [6.07, 6.45) is 1.64. The highest BCUT2D eigenvalue weighted by Crippen LogP contribution is 2.23. The Morgan fingerprint density at radius 1 is 1.18 bits per heavy atom. The zero-order valence-electron chi connectivity index (χ0n) is 10.2. The number of aromatic nitrogens is 2. The summed E-state index contributed by atoms with van der Waals surface area (Å²) in [4.78, 5) is 9.29. The molecule has 0 aliphatic rings. The lowest BCUT2D eigenvalue weighted by Gasteiger charge is -2.13. The number of rotatable bonds is 2. The summed E-state index contributed by atoms with van der Waals surface area (Å²) in [6.45, 7) is 1.99. The van der Waals surface area contributed by atoms with Gasteiger partial charge in [0.05, 0.1) is 12.0 Å². The lowest BCUT2D eigenvalue weighted by molar-refractivity contribution is 1.11. The second-order valence-electron chi connectivity index (χ2n) is 4.15. The van der Waals surface area contributed by atoms with Crippen LogP contribution in [-0.2, 0) is 0 Å². The van der Waals surface area contributed by atoms with Crippen LogP contribution in [-0.4, -0.2) is 24.1 Å². The maximum atomic E-state index is 5.17. The maximum absolute atomic E-state index is 5.17. The molecule has 0 atom stereocenters. The van der Waals surface area contributed by atoms with Crippen LogP contribution in [0.4, 0.5) is 5.69 Å². The normalized spacial score (nSPS) is 10.3. The number of hydrogen-bond donors (Lipinski definition) is 1. The van der Waals surface area contributed by atoms with Crippen LogP contribution in [0.2, 0.25) is 0 Å². The van der Waals surface area contributed by atoms with Crippen LogP contribution >= 0.6 is 12.2 Å². The van der Waals surface area contributed by atoms with E-state index < -0.39 is 0 Å². The van der Waals surface area contributed by atoms with E-state index in [0.29, 0.717) is 4.64 Å². The first-order valence-corrected chi connectivity index (χ1v) is 5.82. The fourth-order valence-electron chi connectivity index (χ4n) is 1.69. The van der Waals surface area contributed by atoms with E-state index in [4.69, 9.17) is 12.2 Å². The van der Waals surface area contributed by atoms with Crippen LogP contribution in [0.1, 0.15) is 5.56 Å². The van der Waals surface area contributed by atoms with Crippen molar-refractivity contribution >= 4 is 17.9 Å². The molecule has 1 heterocycles. The summed E-state index contributed by atoms with van der Waals surface area (Å²) in [7, 11) is 4.06. The molecule has 0 amide bonds. The monoisotopic (exact) mass is 245 g/mol. The Kier molecular flexibility index (Phi) is 3.24. The lowest BCUT2D eigenvalue weighted by Crippen LogP contribution is -2.08. The predicted octanol–water partition coefficient (Wildman–Crippen LogP) is 3.18. The van der Waals surface area contributed by atoms with Crippen LogP contribution in [0, 0.1) is 11.6 Å². The van der Waals surface area contributed by atoms with Gasteiger partial charge < -0.3 is 9.88 Å². The van der Waals surface area contributed by atoms with E-state index in [1.165, 1.54) is 5.69 Å². The van der Waals surface area contributed by atoms with Gasteiger partial charge in [0.1, 0.15) is 4.64 Å². The molecule has 1 N–H and O–H groups in total. The Labute approximate surface area is 106 Å². The third-order valence-corrected chi connectivity index (χ3v) is 3.17. The molecule has 2 aromatic rings. The van der Waals surface area contributed by atoms with Gasteiger partial charge in [-0.05, 0) is 24.6 Å². The fraction of sp³-hybridized carbons (Fsp3) is 0.231. The van der Waals surface area contributed by atoms with Gasteiger partial charge in [-0.25, -0.2) is 4.98 Å². The molecule has 0 aliphatic heterocycles. The third kappa shape index (κ3) is 2.36. The van der Waals surface area contributed by atoms with Crippen LogP contribution in [0.15, 0.2) is 30.6 Å². The van der Waals surface area contributed by atoms with Crippen molar-refractivity contribution in [3.05, 3.63) is 40.8 Å². The average Bonchev–Trinajstić information content (AvgIpc) is 2.33. The molecule has 17 heavy (non-hydrogen) atoms. The SMILES string of the molecule is Cc1c(-c2ccc(N(C)C)cc2)[nH]cnc1=S. The minimum atomic E-state index is 0.649. The molecule has 4 heteroatoms. The zero-order chi connectivity index (χ0) is 12.4. The van der Waals surface area contributed by atoms with E-state index in [2.05, 4.69) is 39.1 Å². The summed E-state index contributed by atoms with van der Waals surface area (Å²) >= 11 is 5.17. The number of H-pyrrole nitrogens is 1. The predicted molar refractivity (Wildman–Crippen MR) is 73.9 cm³/mol. The topological polar surface area (TPSA) is 31.9 Å².